The molecule has 2 N–H and O–H groups in total. The fraction of sp³-hybridized carbons (Fsp3) is 0.548. The molecule has 1 fully saturated rings. The Labute approximate surface area is 250 Å². The Kier molecular flexibility index (Phi) is 8.45. The first-order chi connectivity index (χ1) is 19.9. The van der Waals surface area contributed by atoms with Gasteiger partial charge < -0.3 is 19.8 Å². The third-order valence-corrected chi connectivity index (χ3v) is 13.6. The van der Waals surface area contributed by atoms with Crippen molar-refractivity contribution in [3.63, 3.8) is 0 Å². The van der Waals surface area contributed by atoms with Gasteiger partial charge in [0.1, 0.15) is 6.07 Å². The smallest absolute Gasteiger partial charge is 0.227 e. The molecule has 5 rings (SSSR count). The summed E-state index contributed by atoms with van der Waals surface area (Å²) >= 11 is 0. The van der Waals surface area contributed by atoms with Gasteiger partial charge in [0.2, 0.25) is 5.95 Å². The highest BCUT2D eigenvalue weighted by Crippen LogP contribution is 2.44. The summed E-state index contributed by atoms with van der Waals surface area (Å²) in [6.45, 7) is 22.2. The van der Waals surface area contributed by atoms with E-state index < -0.39 is 8.32 Å². The minimum absolute atomic E-state index is 0.125. The molecule has 11 heteroatoms. The highest BCUT2D eigenvalue weighted by molar-refractivity contribution is 6.74. The minimum atomic E-state index is -1.94. The predicted octanol–water partition coefficient (Wildman–Crippen LogP) is 5.30. The first-order valence-corrected chi connectivity index (χ1v) is 17.7. The quantitative estimate of drug-likeness (QED) is 0.322. The van der Waals surface area contributed by atoms with E-state index in [1.54, 1.807) is 6.20 Å². The summed E-state index contributed by atoms with van der Waals surface area (Å²) in [6, 6.07) is 8.35. The van der Waals surface area contributed by atoms with Crippen molar-refractivity contribution in [1.29, 1.82) is 5.26 Å². The van der Waals surface area contributed by atoms with E-state index >= 15 is 0 Å². The fourth-order valence-corrected chi connectivity index (χ4v) is 6.28. The third kappa shape index (κ3) is 6.22. The number of anilines is 3. The number of hydrogen-bond acceptors (Lipinski definition) is 9. The van der Waals surface area contributed by atoms with Gasteiger partial charge in [0.15, 0.2) is 8.32 Å². The van der Waals surface area contributed by atoms with E-state index in [1.807, 2.05) is 23.0 Å². The zero-order valence-corrected chi connectivity index (χ0v) is 27.0. The van der Waals surface area contributed by atoms with Crippen LogP contribution < -0.4 is 10.6 Å². The molecule has 0 radical (unpaired) electrons. The van der Waals surface area contributed by atoms with E-state index in [-0.39, 0.29) is 10.5 Å². The highest BCUT2D eigenvalue weighted by atomic mass is 28.4. The second-order valence-electron chi connectivity index (χ2n) is 13.2. The van der Waals surface area contributed by atoms with Crippen LogP contribution in [0.15, 0.2) is 30.6 Å². The minimum Gasteiger partial charge on any atom is -0.416 e. The van der Waals surface area contributed by atoms with Crippen molar-refractivity contribution in [2.24, 2.45) is 0 Å². The fourth-order valence-electron chi connectivity index (χ4n) is 5.16. The van der Waals surface area contributed by atoms with Gasteiger partial charge >= 0.3 is 0 Å². The van der Waals surface area contributed by atoms with Gasteiger partial charge in [0.05, 0.1) is 54.3 Å². The molecular weight excluding hydrogens is 544 g/mol. The van der Waals surface area contributed by atoms with E-state index in [2.05, 4.69) is 85.5 Å². The number of hydrogen-bond donors (Lipinski definition) is 2. The second kappa shape index (κ2) is 11.8. The molecule has 10 nitrogen and oxygen atoms in total. The molecule has 3 aromatic rings. The topological polar surface area (TPSA) is 113 Å². The van der Waals surface area contributed by atoms with Crippen molar-refractivity contribution in [1.82, 2.24) is 24.6 Å². The Bertz CT molecular complexity index is 1470. The number of benzene rings is 1. The maximum Gasteiger partial charge on any atom is 0.227 e. The van der Waals surface area contributed by atoms with Crippen LogP contribution in [0.4, 0.5) is 17.3 Å². The van der Waals surface area contributed by atoms with Crippen molar-refractivity contribution in [2.45, 2.75) is 64.7 Å². The molecule has 224 valence electrons. The SMILES string of the molecule is Cc1c(Nc2nccc(-c3cc(C#N)c4c(c3)[C@@](C)(CO[Si](C)(C)C(C)(C)C)CN4)n2)cnn1CCN1CCOCC1. The Morgan fingerprint density at radius 3 is 2.69 bits per heavy atom. The zero-order chi connectivity index (χ0) is 30.1. The summed E-state index contributed by atoms with van der Waals surface area (Å²) in [7, 11) is -1.94. The van der Waals surface area contributed by atoms with Crippen molar-refractivity contribution in [2.75, 3.05) is 56.6 Å². The molecule has 0 aliphatic carbocycles. The maximum absolute atomic E-state index is 10.0. The van der Waals surface area contributed by atoms with E-state index in [1.165, 1.54) is 0 Å². The molecule has 1 saturated heterocycles. The molecule has 0 amide bonds. The molecular formula is C31H44N8O2Si. The van der Waals surface area contributed by atoms with E-state index in [4.69, 9.17) is 14.1 Å². The summed E-state index contributed by atoms with van der Waals surface area (Å²) in [5.41, 5.74) is 5.90. The van der Waals surface area contributed by atoms with E-state index in [0.717, 1.165) is 79.8 Å². The summed E-state index contributed by atoms with van der Waals surface area (Å²) in [5, 5.41) is 21.6. The Morgan fingerprint density at radius 2 is 1.98 bits per heavy atom. The first-order valence-electron chi connectivity index (χ1n) is 14.8. The van der Waals surface area contributed by atoms with Gasteiger partial charge in [-0.15, -0.1) is 0 Å². The van der Waals surface area contributed by atoms with E-state index in [9.17, 15) is 5.26 Å². The van der Waals surface area contributed by atoms with Gasteiger partial charge in [-0.25, -0.2) is 9.97 Å². The lowest BCUT2D eigenvalue weighted by Gasteiger charge is -2.39. The molecule has 42 heavy (non-hydrogen) atoms. The van der Waals surface area contributed by atoms with E-state index in [0.29, 0.717) is 18.1 Å². The number of morpholine rings is 1. The van der Waals surface area contributed by atoms with Crippen LogP contribution in [0.25, 0.3) is 11.3 Å². The second-order valence-corrected chi connectivity index (χ2v) is 18.0. The Balaban J connectivity index is 1.35. The van der Waals surface area contributed by atoms with Gasteiger partial charge in [0, 0.05) is 50.0 Å². The number of nitriles is 1. The first kappa shape index (κ1) is 30.2. The third-order valence-electron chi connectivity index (χ3n) is 9.15. The van der Waals surface area contributed by atoms with Gasteiger partial charge in [-0.05, 0) is 48.8 Å². The van der Waals surface area contributed by atoms with Crippen LogP contribution in [0.5, 0.6) is 0 Å². The van der Waals surface area contributed by atoms with Gasteiger partial charge in [-0.2, -0.15) is 10.4 Å². The molecule has 0 saturated carbocycles. The zero-order valence-electron chi connectivity index (χ0n) is 26.0. The number of rotatable bonds is 9. The number of fused-ring (bicyclic) bond motifs is 1. The van der Waals surface area contributed by atoms with Crippen molar-refractivity contribution < 1.29 is 9.16 Å². The van der Waals surface area contributed by atoms with Crippen molar-refractivity contribution >= 4 is 25.6 Å². The molecule has 1 atom stereocenters. The van der Waals surface area contributed by atoms with Crippen molar-refractivity contribution in [3.8, 4) is 17.3 Å². The monoisotopic (exact) mass is 588 g/mol. The van der Waals surface area contributed by atoms with Crippen LogP contribution in [0.3, 0.4) is 0 Å². The average molecular weight is 589 g/mol. The number of nitrogens with zero attached hydrogens (tertiary/aromatic N) is 6. The Morgan fingerprint density at radius 1 is 1.21 bits per heavy atom. The standard InChI is InChI=1S/C31H44N8O2Si/c1-22-27(19-35-39(22)11-10-38-12-14-40-15-13-38)37-29-33-9-8-26(36-29)23-16-24(18-32)28-25(17-23)31(5,20-34-28)21-41-42(6,7)30(2,3)4/h8-9,16-17,19,34H,10-15,20-21H2,1-7H3,(H,33,36,37)/t31-/m1/s1. The molecule has 2 aromatic heterocycles. The van der Waals surface area contributed by atoms with Gasteiger partial charge in [-0.1, -0.05) is 27.7 Å². The molecule has 2 aliphatic rings. The van der Waals surface area contributed by atoms with Crippen LogP contribution in [0.1, 0.15) is 44.5 Å². The molecule has 2 aliphatic heterocycles. The van der Waals surface area contributed by atoms with Crippen LogP contribution in [0.2, 0.25) is 18.1 Å². The largest absolute Gasteiger partial charge is 0.416 e. The summed E-state index contributed by atoms with van der Waals surface area (Å²) in [4.78, 5) is 11.7. The van der Waals surface area contributed by atoms with Crippen LogP contribution >= 0.6 is 0 Å². The summed E-state index contributed by atoms with van der Waals surface area (Å²) in [5.74, 6) is 0.490. The molecule has 0 unspecified atom stereocenters. The van der Waals surface area contributed by atoms with Crippen LogP contribution in [0, 0.1) is 18.3 Å². The Hall–Kier alpha value is -3.30. The molecule has 0 spiro atoms. The predicted molar refractivity (Wildman–Crippen MR) is 169 cm³/mol. The van der Waals surface area contributed by atoms with Gasteiger partial charge in [0.25, 0.3) is 0 Å². The number of nitrogens with one attached hydrogen (secondary N) is 2. The van der Waals surface area contributed by atoms with Crippen LogP contribution in [-0.4, -0.2) is 79.0 Å². The highest BCUT2D eigenvalue weighted by Gasteiger charge is 2.42. The average Bonchev–Trinajstić information content (AvgIpc) is 3.49. The maximum atomic E-state index is 10.0. The summed E-state index contributed by atoms with van der Waals surface area (Å²) in [6.07, 6.45) is 3.58. The number of aromatic nitrogens is 4. The molecule has 0 bridgehead atoms. The lowest BCUT2D eigenvalue weighted by atomic mass is 9.83. The molecule has 1 aromatic carbocycles. The van der Waals surface area contributed by atoms with Crippen molar-refractivity contribution in [3.05, 3.63) is 47.4 Å². The molecule has 4 heterocycles. The lowest BCUT2D eigenvalue weighted by molar-refractivity contribution is 0.0359. The number of ether oxygens (including phenoxy) is 1. The summed E-state index contributed by atoms with van der Waals surface area (Å²) < 4.78 is 14.1. The lowest BCUT2D eigenvalue weighted by Crippen LogP contribution is -2.45. The normalized spacial score (nSPS) is 19.3. The van der Waals surface area contributed by atoms with Crippen LogP contribution in [-0.2, 0) is 21.1 Å². The van der Waals surface area contributed by atoms with Gasteiger partial charge in [-0.3, -0.25) is 9.58 Å².